The zero-order valence-corrected chi connectivity index (χ0v) is 7.88. The first-order chi connectivity index (χ1) is 6.09. The molecule has 13 heavy (non-hydrogen) atoms. The van der Waals surface area contributed by atoms with Crippen molar-refractivity contribution in [2.75, 3.05) is 0 Å². The molecule has 1 saturated carbocycles. The summed E-state index contributed by atoms with van der Waals surface area (Å²) in [6.07, 6.45) is 3.50. The molecule has 0 aromatic heterocycles. The molecular formula is C9H16N2O2. The highest BCUT2D eigenvalue weighted by Crippen LogP contribution is 2.23. The minimum atomic E-state index is -0.241. The van der Waals surface area contributed by atoms with Gasteiger partial charge in [0.1, 0.15) is 0 Å². The summed E-state index contributed by atoms with van der Waals surface area (Å²) in [6, 6.07) is 0.142. The Hall–Kier alpha value is -1.06. The topological polar surface area (TPSA) is 72.2 Å². The molecule has 1 aliphatic carbocycles. The van der Waals surface area contributed by atoms with Crippen molar-refractivity contribution >= 4 is 11.8 Å². The van der Waals surface area contributed by atoms with Crippen LogP contribution in [0, 0.1) is 5.92 Å². The fourth-order valence-electron chi connectivity index (χ4n) is 1.87. The normalized spacial score (nSPS) is 28.1. The Labute approximate surface area is 77.9 Å². The van der Waals surface area contributed by atoms with E-state index in [0.29, 0.717) is 6.42 Å². The van der Waals surface area contributed by atoms with Crippen LogP contribution in [0.2, 0.25) is 0 Å². The summed E-state index contributed by atoms with van der Waals surface area (Å²) in [7, 11) is 0. The summed E-state index contributed by atoms with van der Waals surface area (Å²) in [5.74, 6) is -0.323. The van der Waals surface area contributed by atoms with E-state index in [1.165, 1.54) is 6.92 Å². The summed E-state index contributed by atoms with van der Waals surface area (Å²) in [4.78, 5) is 21.7. The van der Waals surface area contributed by atoms with Crippen molar-refractivity contribution in [1.29, 1.82) is 0 Å². The minimum Gasteiger partial charge on any atom is -0.369 e. The van der Waals surface area contributed by atoms with Crippen molar-refractivity contribution in [1.82, 2.24) is 5.32 Å². The van der Waals surface area contributed by atoms with Gasteiger partial charge >= 0.3 is 0 Å². The standard InChI is InChI=1S/C9H16N2O2/c1-6(12)11-8-4-2-3-7(5-8)9(10)13/h7-8H,2-5H2,1H3,(H2,10,13)(H,11,12). The number of rotatable bonds is 2. The van der Waals surface area contributed by atoms with Gasteiger partial charge in [-0.3, -0.25) is 9.59 Å². The molecule has 2 unspecified atom stereocenters. The van der Waals surface area contributed by atoms with Crippen LogP contribution in [0.5, 0.6) is 0 Å². The molecule has 0 saturated heterocycles. The Kier molecular flexibility index (Phi) is 3.28. The Morgan fingerprint density at radius 3 is 2.62 bits per heavy atom. The van der Waals surface area contributed by atoms with E-state index in [1.807, 2.05) is 0 Å². The monoisotopic (exact) mass is 184 g/mol. The fourth-order valence-corrected chi connectivity index (χ4v) is 1.87. The number of carbonyl (C=O) groups is 2. The highest BCUT2D eigenvalue weighted by molar-refractivity contribution is 5.77. The first-order valence-electron chi connectivity index (χ1n) is 4.66. The van der Waals surface area contributed by atoms with E-state index in [-0.39, 0.29) is 23.8 Å². The molecule has 2 atom stereocenters. The summed E-state index contributed by atoms with van der Waals surface area (Å²) in [6.45, 7) is 1.49. The van der Waals surface area contributed by atoms with Gasteiger partial charge in [0.05, 0.1) is 0 Å². The Balaban J connectivity index is 2.41. The molecule has 0 heterocycles. The van der Waals surface area contributed by atoms with Crippen molar-refractivity contribution in [2.45, 2.75) is 38.6 Å². The van der Waals surface area contributed by atoms with E-state index in [0.717, 1.165) is 19.3 Å². The molecule has 0 aromatic rings. The molecule has 74 valence electrons. The zero-order valence-electron chi connectivity index (χ0n) is 7.88. The molecule has 0 radical (unpaired) electrons. The lowest BCUT2D eigenvalue weighted by Crippen LogP contribution is -2.40. The number of amides is 2. The molecule has 2 amide bonds. The molecule has 1 fully saturated rings. The van der Waals surface area contributed by atoms with Crippen LogP contribution in [-0.2, 0) is 9.59 Å². The lowest BCUT2D eigenvalue weighted by Gasteiger charge is -2.27. The largest absolute Gasteiger partial charge is 0.369 e. The van der Waals surface area contributed by atoms with Crippen LogP contribution in [0.4, 0.5) is 0 Å². The molecule has 4 heteroatoms. The maximum Gasteiger partial charge on any atom is 0.220 e. The van der Waals surface area contributed by atoms with E-state index in [2.05, 4.69) is 5.32 Å². The van der Waals surface area contributed by atoms with Gasteiger partial charge < -0.3 is 11.1 Å². The quantitative estimate of drug-likeness (QED) is 0.642. The molecule has 1 rings (SSSR count). The Morgan fingerprint density at radius 2 is 2.08 bits per heavy atom. The van der Waals surface area contributed by atoms with Crippen molar-refractivity contribution in [2.24, 2.45) is 11.7 Å². The highest BCUT2D eigenvalue weighted by atomic mass is 16.2. The van der Waals surface area contributed by atoms with Gasteiger partial charge in [0.25, 0.3) is 0 Å². The summed E-state index contributed by atoms with van der Waals surface area (Å²) in [5.41, 5.74) is 5.21. The molecule has 1 aliphatic rings. The van der Waals surface area contributed by atoms with Crippen LogP contribution in [0.15, 0.2) is 0 Å². The average molecular weight is 184 g/mol. The summed E-state index contributed by atoms with van der Waals surface area (Å²) >= 11 is 0. The number of hydrogen-bond donors (Lipinski definition) is 2. The van der Waals surface area contributed by atoms with Crippen LogP contribution < -0.4 is 11.1 Å². The van der Waals surface area contributed by atoms with Gasteiger partial charge in [0.15, 0.2) is 0 Å². The molecule has 0 bridgehead atoms. The van der Waals surface area contributed by atoms with Gasteiger partial charge in [-0.2, -0.15) is 0 Å². The number of hydrogen-bond acceptors (Lipinski definition) is 2. The van der Waals surface area contributed by atoms with Gasteiger partial charge in [-0.25, -0.2) is 0 Å². The molecular weight excluding hydrogens is 168 g/mol. The zero-order chi connectivity index (χ0) is 9.84. The lowest BCUT2D eigenvalue weighted by atomic mass is 9.85. The second kappa shape index (κ2) is 4.25. The maximum atomic E-state index is 10.9. The van der Waals surface area contributed by atoms with Gasteiger partial charge in [-0.1, -0.05) is 6.42 Å². The van der Waals surface area contributed by atoms with Crippen LogP contribution in [-0.4, -0.2) is 17.9 Å². The molecule has 3 N–H and O–H groups in total. The van der Waals surface area contributed by atoms with E-state index >= 15 is 0 Å². The van der Waals surface area contributed by atoms with Crippen LogP contribution >= 0.6 is 0 Å². The first-order valence-corrected chi connectivity index (χ1v) is 4.66. The Bertz CT molecular complexity index is 216. The highest BCUT2D eigenvalue weighted by Gasteiger charge is 2.25. The predicted molar refractivity (Wildman–Crippen MR) is 48.8 cm³/mol. The lowest BCUT2D eigenvalue weighted by molar-refractivity contribution is -0.124. The van der Waals surface area contributed by atoms with E-state index < -0.39 is 0 Å². The average Bonchev–Trinajstić information content (AvgIpc) is 2.03. The van der Waals surface area contributed by atoms with Crippen molar-refractivity contribution in [3.05, 3.63) is 0 Å². The van der Waals surface area contributed by atoms with Crippen LogP contribution in [0.3, 0.4) is 0 Å². The molecule has 0 aliphatic heterocycles. The number of primary amides is 1. The van der Waals surface area contributed by atoms with Gasteiger partial charge in [0.2, 0.25) is 11.8 Å². The SMILES string of the molecule is CC(=O)NC1CCCC(C(N)=O)C1. The van der Waals surface area contributed by atoms with Crippen molar-refractivity contribution in [3.8, 4) is 0 Å². The molecule has 0 spiro atoms. The van der Waals surface area contributed by atoms with E-state index in [1.54, 1.807) is 0 Å². The van der Waals surface area contributed by atoms with Crippen LogP contribution in [0.1, 0.15) is 32.6 Å². The van der Waals surface area contributed by atoms with Crippen molar-refractivity contribution < 1.29 is 9.59 Å². The summed E-state index contributed by atoms with van der Waals surface area (Å²) < 4.78 is 0. The smallest absolute Gasteiger partial charge is 0.220 e. The van der Waals surface area contributed by atoms with Crippen molar-refractivity contribution in [3.63, 3.8) is 0 Å². The third kappa shape index (κ3) is 3.05. The van der Waals surface area contributed by atoms with E-state index in [4.69, 9.17) is 5.73 Å². The molecule has 4 nitrogen and oxygen atoms in total. The Morgan fingerprint density at radius 1 is 1.38 bits per heavy atom. The third-order valence-corrected chi connectivity index (χ3v) is 2.48. The second-order valence-electron chi connectivity index (χ2n) is 3.66. The second-order valence-corrected chi connectivity index (χ2v) is 3.66. The van der Waals surface area contributed by atoms with Gasteiger partial charge in [-0.15, -0.1) is 0 Å². The van der Waals surface area contributed by atoms with Crippen LogP contribution in [0.25, 0.3) is 0 Å². The molecule has 0 aromatic carbocycles. The van der Waals surface area contributed by atoms with Gasteiger partial charge in [0, 0.05) is 18.9 Å². The van der Waals surface area contributed by atoms with E-state index in [9.17, 15) is 9.59 Å². The predicted octanol–water partition coefficient (Wildman–Crippen LogP) is 0.167. The van der Waals surface area contributed by atoms with Gasteiger partial charge in [-0.05, 0) is 19.3 Å². The summed E-state index contributed by atoms with van der Waals surface area (Å²) in [5, 5.41) is 2.82. The number of nitrogens with one attached hydrogen (secondary N) is 1. The first kappa shape index (κ1) is 10.0. The number of nitrogens with two attached hydrogens (primary N) is 1. The third-order valence-electron chi connectivity index (χ3n) is 2.48. The maximum absolute atomic E-state index is 10.9. The number of carbonyl (C=O) groups excluding carboxylic acids is 2. The minimum absolute atomic E-state index is 0.0323. The fraction of sp³-hybridized carbons (Fsp3) is 0.778.